The summed E-state index contributed by atoms with van der Waals surface area (Å²) in [5.74, 6) is 4.61. The van der Waals surface area contributed by atoms with Crippen molar-refractivity contribution in [3.05, 3.63) is 23.3 Å². The van der Waals surface area contributed by atoms with Gasteiger partial charge in [-0.2, -0.15) is 0 Å². The molecule has 25 heavy (non-hydrogen) atoms. The van der Waals surface area contributed by atoms with Crippen LogP contribution < -0.4 is 4.74 Å². The molecule has 0 atom stereocenters. The van der Waals surface area contributed by atoms with Crippen LogP contribution in [0.1, 0.15) is 43.2 Å². The van der Waals surface area contributed by atoms with Crippen LogP contribution >= 0.6 is 17.0 Å². The van der Waals surface area contributed by atoms with Gasteiger partial charge in [-0.15, -0.1) is 0 Å². The van der Waals surface area contributed by atoms with E-state index in [9.17, 15) is 5.11 Å². The van der Waals surface area contributed by atoms with E-state index in [0.29, 0.717) is 11.8 Å². The van der Waals surface area contributed by atoms with E-state index in [-0.39, 0.29) is 0 Å². The zero-order chi connectivity index (χ0) is 18.0. The molecular weight excluding hydrogens is 436 g/mol. The van der Waals surface area contributed by atoms with E-state index in [4.69, 9.17) is 26.8 Å². The van der Waals surface area contributed by atoms with Gasteiger partial charge in [0, 0.05) is 11.8 Å². The third kappa shape index (κ3) is 4.45. The fourth-order valence-electron chi connectivity index (χ4n) is 5.30. The first-order chi connectivity index (χ1) is 12.0. The van der Waals surface area contributed by atoms with Crippen molar-refractivity contribution in [3.8, 4) is 11.5 Å². The summed E-state index contributed by atoms with van der Waals surface area (Å²) >= 11 is -0.826. The normalized spacial score (nSPS) is 32.4. The first-order valence-electron chi connectivity index (χ1n) is 8.92. The molecular formula is C19H25Cl2NO2Zr. The van der Waals surface area contributed by atoms with Crippen molar-refractivity contribution in [3.63, 3.8) is 0 Å². The number of hydrogen-bond acceptors (Lipinski definition) is 3. The van der Waals surface area contributed by atoms with Gasteiger partial charge < -0.3 is 9.84 Å². The zero-order valence-electron chi connectivity index (χ0n) is 14.7. The molecule has 0 heterocycles. The Balaban J connectivity index is 0.000000569. The van der Waals surface area contributed by atoms with Crippen LogP contribution in [0.15, 0.2) is 17.1 Å². The molecule has 1 aromatic rings. The molecule has 0 aromatic heterocycles. The summed E-state index contributed by atoms with van der Waals surface area (Å²) in [6.45, 7) is 1.90. The van der Waals surface area contributed by atoms with E-state index < -0.39 is 20.8 Å². The maximum absolute atomic E-state index is 10.3. The summed E-state index contributed by atoms with van der Waals surface area (Å²) in [7, 11) is 11.5. The van der Waals surface area contributed by atoms with Gasteiger partial charge in [0.2, 0.25) is 0 Å². The van der Waals surface area contributed by atoms with Crippen molar-refractivity contribution >= 4 is 23.2 Å². The minimum absolute atomic E-state index is 0.327. The van der Waals surface area contributed by atoms with Gasteiger partial charge in [0.25, 0.3) is 0 Å². The third-order valence-corrected chi connectivity index (χ3v) is 6.10. The quantitative estimate of drug-likeness (QED) is 0.619. The van der Waals surface area contributed by atoms with Crippen LogP contribution in [0, 0.1) is 30.6 Å². The van der Waals surface area contributed by atoms with E-state index in [2.05, 4.69) is 0 Å². The Kier molecular flexibility index (Phi) is 6.91. The first kappa shape index (κ1) is 19.7. The molecule has 0 spiro atoms. The number of benzene rings is 1. The summed E-state index contributed by atoms with van der Waals surface area (Å²) in [4.78, 5) is 4.93. The van der Waals surface area contributed by atoms with Crippen molar-refractivity contribution in [2.75, 3.05) is 7.11 Å². The van der Waals surface area contributed by atoms with Crippen LogP contribution in [-0.4, -0.2) is 24.5 Å². The number of phenols is 1. The summed E-state index contributed by atoms with van der Waals surface area (Å²) in [5.41, 5.74) is 1.62. The summed E-state index contributed by atoms with van der Waals surface area (Å²) in [6, 6.07) is 4.20. The number of nitrogens with zero attached hydrogens (tertiary/aromatic N) is 1. The van der Waals surface area contributed by atoms with Crippen molar-refractivity contribution in [2.24, 2.45) is 28.7 Å². The SMILES string of the molecule is COc1cc(C)c(O)c(C=NC2C3CC4CC(C3)CC2C4)c1.[Cl][Zr][Cl]. The average molecular weight is 462 g/mol. The Bertz CT molecular complexity index is 610. The topological polar surface area (TPSA) is 41.8 Å². The molecule has 0 unspecified atom stereocenters. The average Bonchev–Trinajstić information content (AvgIpc) is 2.57. The maximum atomic E-state index is 10.3. The van der Waals surface area contributed by atoms with Crippen LogP contribution in [0.5, 0.6) is 11.5 Å². The van der Waals surface area contributed by atoms with Crippen molar-refractivity contribution in [1.29, 1.82) is 0 Å². The molecule has 1 N–H and O–H groups in total. The Morgan fingerprint density at radius 2 is 1.68 bits per heavy atom. The molecule has 0 aliphatic heterocycles. The number of methoxy groups -OCH3 is 1. The van der Waals surface area contributed by atoms with E-state index in [1.54, 1.807) is 7.11 Å². The zero-order valence-corrected chi connectivity index (χ0v) is 18.7. The van der Waals surface area contributed by atoms with Gasteiger partial charge in [-0.05, 0) is 80.4 Å². The Morgan fingerprint density at radius 1 is 1.12 bits per heavy atom. The van der Waals surface area contributed by atoms with E-state index in [1.807, 2.05) is 25.3 Å². The predicted octanol–water partition coefficient (Wildman–Crippen LogP) is 5.33. The van der Waals surface area contributed by atoms with Gasteiger partial charge in [-0.1, -0.05) is 0 Å². The number of rotatable bonds is 3. The second-order valence-corrected chi connectivity index (χ2v) is 11.4. The van der Waals surface area contributed by atoms with Gasteiger partial charge in [0.05, 0.1) is 13.2 Å². The molecule has 4 aliphatic carbocycles. The predicted molar refractivity (Wildman–Crippen MR) is 99.5 cm³/mol. The van der Waals surface area contributed by atoms with Gasteiger partial charge >= 0.3 is 37.9 Å². The van der Waals surface area contributed by atoms with E-state index >= 15 is 0 Å². The Hall–Kier alpha value is -0.0469. The van der Waals surface area contributed by atoms with E-state index in [0.717, 1.165) is 40.5 Å². The Morgan fingerprint density at radius 3 is 2.20 bits per heavy atom. The molecule has 6 heteroatoms. The second-order valence-electron chi connectivity index (χ2n) is 7.65. The molecule has 4 saturated carbocycles. The van der Waals surface area contributed by atoms with E-state index in [1.165, 1.54) is 32.1 Å². The van der Waals surface area contributed by atoms with Gasteiger partial charge in [0.1, 0.15) is 11.5 Å². The number of aryl methyl sites for hydroxylation is 1. The Labute approximate surface area is 168 Å². The third-order valence-electron chi connectivity index (χ3n) is 6.10. The van der Waals surface area contributed by atoms with Gasteiger partial charge in [-0.3, -0.25) is 4.99 Å². The second kappa shape index (κ2) is 8.76. The number of phenolic OH excluding ortho intramolecular Hbond substituents is 1. The molecule has 5 rings (SSSR count). The van der Waals surface area contributed by atoms with Crippen molar-refractivity contribution in [2.45, 2.75) is 45.1 Å². The number of ether oxygens (including phenoxy) is 1. The summed E-state index contributed by atoms with van der Waals surface area (Å²) < 4.78 is 5.30. The van der Waals surface area contributed by atoms with Gasteiger partial charge in [0.15, 0.2) is 0 Å². The van der Waals surface area contributed by atoms with Crippen LogP contribution in [0.2, 0.25) is 0 Å². The fourth-order valence-corrected chi connectivity index (χ4v) is 5.30. The molecule has 1 aromatic carbocycles. The molecule has 3 nitrogen and oxygen atoms in total. The first-order valence-corrected chi connectivity index (χ1v) is 15.3. The molecule has 4 aliphatic rings. The molecule has 0 radical (unpaired) electrons. The fraction of sp³-hybridized carbons (Fsp3) is 0.632. The van der Waals surface area contributed by atoms with Crippen LogP contribution in [-0.2, 0) is 20.8 Å². The van der Waals surface area contributed by atoms with Crippen LogP contribution in [0.3, 0.4) is 0 Å². The number of aliphatic imine (C=N–C) groups is 1. The molecule has 0 saturated heterocycles. The van der Waals surface area contributed by atoms with Gasteiger partial charge in [-0.25, -0.2) is 0 Å². The monoisotopic (exact) mass is 459 g/mol. The number of halogens is 2. The van der Waals surface area contributed by atoms with Crippen LogP contribution in [0.4, 0.5) is 0 Å². The summed E-state index contributed by atoms with van der Waals surface area (Å²) in [5, 5.41) is 10.3. The molecule has 4 bridgehead atoms. The number of hydrogen-bond donors (Lipinski definition) is 1. The standard InChI is InChI=1S/C19H25NO2.2ClH.Zr/c1-11-3-17(22-2)9-16(19(11)21)10-20-18-14-5-12-4-13(7-14)8-15(18)6-12;;;/h3,9-10,12-15,18,21H,4-8H2,1-2H3;2*1H;/q;;;+2/p-2. The van der Waals surface area contributed by atoms with Crippen molar-refractivity contribution in [1.82, 2.24) is 0 Å². The molecule has 136 valence electrons. The molecule has 4 fully saturated rings. The summed E-state index contributed by atoms with van der Waals surface area (Å²) in [6.07, 6.45) is 8.85. The minimum atomic E-state index is -0.826. The van der Waals surface area contributed by atoms with Crippen molar-refractivity contribution < 1.29 is 30.7 Å². The number of aromatic hydroxyl groups is 1. The molecule has 0 amide bonds. The van der Waals surface area contributed by atoms with Crippen LogP contribution in [0.25, 0.3) is 0 Å².